The van der Waals surface area contributed by atoms with E-state index in [1.807, 2.05) is 0 Å². The highest BCUT2D eigenvalue weighted by molar-refractivity contribution is 9.10. The Kier molecular flexibility index (Phi) is 6.45. The Morgan fingerprint density at radius 2 is 2.06 bits per heavy atom. The molecule has 0 aromatic heterocycles. The quantitative estimate of drug-likeness (QED) is 0.560. The topological polar surface area (TPSA) is 20.2 Å². The van der Waals surface area contributed by atoms with E-state index in [1.54, 1.807) is 12.1 Å². The van der Waals surface area contributed by atoms with Gasteiger partial charge in [0.2, 0.25) is 0 Å². The lowest BCUT2D eigenvalue weighted by Gasteiger charge is -2.13. The van der Waals surface area contributed by atoms with Crippen molar-refractivity contribution in [3.63, 3.8) is 0 Å². The molecule has 96 valence electrons. The zero-order valence-corrected chi connectivity index (χ0v) is 12.2. The van der Waals surface area contributed by atoms with Gasteiger partial charge in [0.15, 0.2) is 0 Å². The molecule has 0 aliphatic heterocycles. The summed E-state index contributed by atoms with van der Waals surface area (Å²) in [4.78, 5) is 0. The van der Waals surface area contributed by atoms with Gasteiger partial charge in [-0.1, -0.05) is 50.3 Å². The van der Waals surface area contributed by atoms with E-state index in [4.69, 9.17) is 11.6 Å². The molecule has 1 rings (SSSR count). The van der Waals surface area contributed by atoms with E-state index in [0.29, 0.717) is 10.9 Å². The molecule has 0 saturated heterocycles. The van der Waals surface area contributed by atoms with Crippen LogP contribution in [-0.2, 0) is 0 Å². The summed E-state index contributed by atoms with van der Waals surface area (Å²) in [5.74, 6) is -0.524. The van der Waals surface area contributed by atoms with Gasteiger partial charge in [-0.25, -0.2) is 4.39 Å². The summed E-state index contributed by atoms with van der Waals surface area (Å²) in [6, 6.07) is 3.24. The van der Waals surface area contributed by atoms with E-state index in [9.17, 15) is 9.50 Å². The molecule has 4 heteroatoms. The summed E-state index contributed by atoms with van der Waals surface area (Å²) < 4.78 is 14.3. The second kappa shape index (κ2) is 7.34. The van der Waals surface area contributed by atoms with Crippen LogP contribution in [0.25, 0.3) is 0 Å². The lowest BCUT2D eigenvalue weighted by atomic mass is 10.0. The third kappa shape index (κ3) is 4.23. The zero-order valence-electron chi connectivity index (χ0n) is 9.85. The fourth-order valence-corrected chi connectivity index (χ4v) is 2.20. The van der Waals surface area contributed by atoms with Crippen LogP contribution in [0.3, 0.4) is 0 Å². The minimum Gasteiger partial charge on any atom is -0.388 e. The first-order valence-electron chi connectivity index (χ1n) is 5.89. The number of benzene rings is 1. The SMILES string of the molecule is CCCCCCC(O)c1ccc(Br)c(Cl)c1F. The van der Waals surface area contributed by atoms with E-state index in [1.165, 1.54) is 0 Å². The average molecular weight is 324 g/mol. The smallest absolute Gasteiger partial charge is 0.148 e. The maximum absolute atomic E-state index is 13.8. The van der Waals surface area contributed by atoms with Crippen molar-refractivity contribution in [1.82, 2.24) is 0 Å². The Labute approximate surface area is 115 Å². The average Bonchev–Trinajstić information content (AvgIpc) is 2.31. The number of halogens is 3. The number of unbranched alkanes of at least 4 members (excludes halogenated alkanes) is 3. The Bertz CT molecular complexity index is 371. The molecule has 0 radical (unpaired) electrons. The third-order valence-electron chi connectivity index (χ3n) is 2.76. The van der Waals surface area contributed by atoms with E-state index < -0.39 is 11.9 Å². The van der Waals surface area contributed by atoms with Gasteiger partial charge in [-0.05, 0) is 28.4 Å². The molecule has 1 nitrogen and oxygen atoms in total. The Hall–Kier alpha value is -0.120. The van der Waals surface area contributed by atoms with E-state index in [0.717, 1.165) is 25.7 Å². The molecule has 17 heavy (non-hydrogen) atoms. The highest BCUT2D eigenvalue weighted by Crippen LogP contribution is 2.32. The molecule has 1 atom stereocenters. The highest BCUT2D eigenvalue weighted by atomic mass is 79.9. The summed E-state index contributed by atoms with van der Waals surface area (Å²) in [5.41, 5.74) is 0.287. The van der Waals surface area contributed by atoms with Gasteiger partial charge in [-0.15, -0.1) is 0 Å². The van der Waals surface area contributed by atoms with Crippen molar-refractivity contribution in [2.45, 2.75) is 45.1 Å². The fraction of sp³-hybridized carbons (Fsp3) is 0.538. The lowest BCUT2D eigenvalue weighted by Crippen LogP contribution is -2.01. The van der Waals surface area contributed by atoms with Gasteiger partial charge in [0.1, 0.15) is 5.82 Å². The first kappa shape index (κ1) is 14.9. The van der Waals surface area contributed by atoms with Crippen LogP contribution < -0.4 is 0 Å². The van der Waals surface area contributed by atoms with E-state index in [2.05, 4.69) is 22.9 Å². The summed E-state index contributed by atoms with van der Waals surface area (Å²) in [6.07, 6.45) is 4.08. The lowest BCUT2D eigenvalue weighted by molar-refractivity contribution is 0.159. The molecule has 0 saturated carbocycles. The van der Waals surface area contributed by atoms with Gasteiger partial charge in [-0.3, -0.25) is 0 Å². The van der Waals surface area contributed by atoms with E-state index >= 15 is 0 Å². The van der Waals surface area contributed by atoms with Crippen molar-refractivity contribution in [3.05, 3.63) is 33.0 Å². The van der Waals surface area contributed by atoms with Gasteiger partial charge >= 0.3 is 0 Å². The minimum absolute atomic E-state index is 0.0371. The Morgan fingerprint density at radius 3 is 2.71 bits per heavy atom. The molecule has 1 N–H and O–H groups in total. The van der Waals surface area contributed by atoms with Crippen molar-refractivity contribution < 1.29 is 9.50 Å². The van der Waals surface area contributed by atoms with Crippen LogP contribution in [0.5, 0.6) is 0 Å². The van der Waals surface area contributed by atoms with Crippen LogP contribution in [0.1, 0.15) is 50.7 Å². The second-order valence-electron chi connectivity index (χ2n) is 4.13. The third-order valence-corrected chi connectivity index (χ3v) is 4.01. The van der Waals surface area contributed by atoms with Gasteiger partial charge < -0.3 is 5.11 Å². The molecule has 0 aliphatic carbocycles. The van der Waals surface area contributed by atoms with E-state index in [-0.39, 0.29) is 10.6 Å². The van der Waals surface area contributed by atoms with Crippen molar-refractivity contribution in [2.75, 3.05) is 0 Å². The Balaban J connectivity index is 2.63. The number of hydrogen-bond donors (Lipinski definition) is 1. The maximum Gasteiger partial charge on any atom is 0.148 e. The molecule has 0 bridgehead atoms. The zero-order chi connectivity index (χ0) is 12.8. The summed E-state index contributed by atoms with van der Waals surface area (Å²) in [7, 11) is 0. The molecule has 1 aromatic rings. The highest BCUT2D eigenvalue weighted by Gasteiger charge is 2.16. The van der Waals surface area contributed by atoms with Crippen LogP contribution >= 0.6 is 27.5 Å². The number of aliphatic hydroxyl groups is 1. The Morgan fingerprint density at radius 1 is 1.35 bits per heavy atom. The van der Waals surface area contributed by atoms with Crippen LogP contribution in [0.4, 0.5) is 4.39 Å². The maximum atomic E-state index is 13.8. The fourth-order valence-electron chi connectivity index (χ4n) is 1.72. The predicted molar refractivity (Wildman–Crippen MR) is 72.8 cm³/mol. The largest absolute Gasteiger partial charge is 0.388 e. The summed E-state index contributed by atoms with van der Waals surface area (Å²) in [5, 5.41) is 9.94. The molecular formula is C13H17BrClFO. The van der Waals surface area contributed by atoms with Crippen molar-refractivity contribution >= 4 is 27.5 Å². The molecule has 0 fully saturated rings. The molecule has 0 aliphatic rings. The molecule has 1 unspecified atom stereocenters. The van der Waals surface area contributed by atoms with Crippen molar-refractivity contribution in [3.8, 4) is 0 Å². The molecule has 0 heterocycles. The van der Waals surface area contributed by atoms with Gasteiger partial charge in [0.25, 0.3) is 0 Å². The minimum atomic E-state index is -0.766. The first-order valence-corrected chi connectivity index (χ1v) is 7.06. The van der Waals surface area contributed by atoms with Crippen LogP contribution in [0.15, 0.2) is 16.6 Å². The summed E-state index contributed by atoms with van der Waals surface area (Å²) >= 11 is 8.93. The predicted octanol–water partition coefficient (Wildman–Crippen LogP) is 5.25. The van der Waals surface area contributed by atoms with Crippen LogP contribution in [-0.4, -0.2) is 5.11 Å². The molecule has 0 spiro atoms. The molecule has 1 aromatic carbocycles. The number of hydrogen-bond acceptors (Lipinski definition) is 1. The van der Waals surface area contributed by atoms with Crippen LogP contribution in [0, 0.1) is 5.82 Å². The van der Waals surface area contributed by atoms with Crippen molar-refractivity contribution in [2.24, 2.45) is 0 Å². The first-order chi connectivity index (χ1) is 8.07. The standard InChI is InChI=1S/C13H17BrClFO/c1-2-3-4-5-6-11(17)9-7-8-10(14)12(15)13(9)16/h7-8,11,17H,2-6H2,1H3. The molecule has 0 amide bonds. The second-order valence-corrected chi connectivity index (χ2v) is 5.36. The number of aliphatic hydroxyl groups excluding tert-OH is 1. The van der Waals surface area contributed by atoms with Crippen molar-refractivity contribution in [1.29, 1.82) is 0 Å². The molecular weight excluding hydrogens is 306 g/mol. The van der Waals surface area contributed by atoms with Gasteiger partial charge in [0.05, 0.1) is 11.1 Å². The summed E-state index contributed by atoms with van der Waals surface area (Å²) in [6.45, 7) is 2.13. The van der Waals surface area contributed by atoms with Gasteiger partial charge in [0, 0.05) is 10.0 Å². The van der Waals surface area contributed by atoms with Crippen LogP contribution in [0.2, 0.25) is 5.02 Å². The van der Waals surface area contributed by atoms with Gasteiger partial charge in [-0.2, -0.15) is 0 Å². The number of rotatable bonds is 6. The monoisotopic (exact) mass is 322 g/mol. The normalized spacial score (nSPS) is 12.8.